The Morgan fingerprint density at radius 1 is 1.03 bits per heavy atom. The van der Waals surface area contributed by atoms with E-state index in [0.29, 0.717) is 43.9 Å². The summed E-state index contributed by atoms with van der Waals surface area (Å²) in [4.78, 5) is 37.3. The maximum Gasteiger partial charge on any atom is 0.228 e. The zero-order chi connectivity index (χ0) is 24.1. The maximum absolute atomic E-state index is 13.7. The van der Waals surface area contributed by atoms with E-state index in [0.717, 1.165) is 33.9 Å². The van der Waals surface area contributed by atoms with Crippen LogP contribution in [-0.2, 0) is 16.0 Å². The number of hydrogen-bond donors (Lipinski definition) is 1. The maximum atomic E-state index is 13.7. The van der Waals surface area contributed by atoms with Gasteiger partial charge in [-0.15, -0.1) is 0 Å². The van der Waals surface area contributed by atoms with Crippen LogP contribution in [0.25, 0.3) is 28.2 Å². The molecule has 2 aliphatic rings. The van der Waals surface area contributed by atoms with Crippen LogP contribution >= 0.6 is 0 Å². The Morgan fingerprint density at radius 2 is 1.77 bits per heavy atom. The SMILES string of the molecule is CC(=O)N1CCN(c2nccn3c(-c4ccc5c(c4)CC(=O)N5)c(-c4ccc(F)cc4)nc23)CC1. The van der Waals surface area contributed by atoms with Gasteiger partial charge in [0.05, 0.1) is 17.8 Å². The van der Waals surface area contributed by atoms with Gasteiger partial charge in [0.25, 0.3) is 0 Å². The lowest BCUT2D eigenvalue weighted by molar-refractivity contribution is -0.129. The Labute approximate surface area is 201 Å². The molecule has 8 nitrogen and oxygen atoms in total. The number of rotatable bonds is 3. The number of amides is 2. The molecule has 35 heavy (non-hydrogen) atoms. The number of aromatic nitrogens is 3. The highest BCUT2D eigenvalue weighted by Gasteiger charge is 2.26. The van der Waals surface area contributed by atoms with Crippen molar-refractivity contribution in [3.63, 3.8) is 0 Å². The van der Waals surface area contributed by atoms with Gasteiger partial charge in [0.1, 0.15) is 5.82 Å². The molecule has 0 atom stereocenters. The molecule has 0 bridgehead atoms. The fourth-order valence-corrected chi connectivity index (χ4v) is 4.88. The second-order valence-corrected chi connectivity index (χ2v) is 8.85. The number of fused-ring (bicyclic) bond motifs is 2. The lowest BCUT2D eigenvalue weighted by atomic mass is 10.0. The summed E-state index contributed by atoms with van der Waals surface area (Å²) < 4.78 is 15.7. The quantitative estimate of drug-likeness (QED) is 0.497. The Hall–Kier alpha value is -4.27. The molecule has 2 aliphatic heterocycles. The summed E-state index contributed by atoms with van der Waals surface area (Å²) >= 11 is 0. The molecule has 2 amide bonds. The molecule has 0 spiro atoms. The molecule has 176 valence electrons. The molecule has 0 unspecified atom stereocenters. The Morgan fingerprint density at radius 3 is 2.51 bits per heavy atom. The molecule has 4 aromatic rings. The van der Waals surface area contributed by atoms with Crippen molar-refractivity contribution in [1.82, 2.24) is 19.3 Å². The van der Waals surface area contributed by atoms with E-state index in [1.165, 1.54) is 12.1 Å². The van der Waals surface area contributed by atoms with Crippen LogP contribution in [0, 0.1) is 5.82 Å². The average molecular weight is 471 g/mol. The third-order valence-corrected chi connectivity index (χ3v) is 6.67. The summed E-state index contributed by atoms with van der Waals surface area (Å²) in [5, 5.41) is 2.88. The number of nitrogens with zero attached hydrogens (tertiary/aromatic N) is 5. The molecule has 0 saturated carbocycles. The second kappa shape index (κ2) is 8.19. The van der Waals surface area contributed by atoms with Crippen LogP contribution in [0.2, 0.25) is 0 Å². The molecule has 1 fully saturated rings. The van der Waals surface area contributed by atoms with Crippen molar-refractivity contribution in [3.8, 4) is 22.5 Å². The predicted octanol–water partition coefficient (Wildman–Crippen LogP) is 3.37. The number of benzene rings is 2. The lowest BCUT2D eigenvalue weighted by Gasteiger charge is -2.34. The molecule has 0 radical (unpaired) electrons. The topological polar surface area (TPSA) is 82.8 Å². The fourth-order valence-electron chi connectivity index (χ4n) is 4.88. The van der Waals surface area contributed by atoms with E-state index < -0.39 is 0 Å². The van der Waals surface area contributed by atoms with Crippen LogP contribution < -0.4 is 10.2 Å². The van der Waals surface area contributed by atoms with E-state index >= 15 is 0 Å². The minimum absolute atomic E-state index is 0.0229. The molecule has 4 heterocycles. The van der Waals surface area contributed by atoms with Crippen molar-refractivity contribution in [3.05, 3.63) is 66.2 Å². The zero-order valence-corrected chi connectivity index (χ0v) is 19.2. The van der Waals surface area contributed by atoms with Gasteiger partial charge < -0.3 is 15.1 Å². The molecular formula is C26H23FN6O2. The lowest BCUT2D eigenvalue weighted by Crippen LogP contribution is -2.48. The molecule has 2 aromatic heterocycles. The summed E-state index contributed by atoms with van der Waals surface area (Å²) in [7, 11) is 0. The zero-order valence-electron chi connectivity index (χ0n) is 19.2. The predicted molar refractivity (Wildman–Crippen MR) is 131 cm³/mol. The van der Waals surface area contributed by atoms with Gasteiger partial charge in [-0.2, -0.15) is 0 Å². The van der Waals surface area contributed by atoms with Crippen molar-refractivity contribution in [2.24, 2.45) is 0 Å². The minimum Gasteiger partial charge on any atom is -0.350 e. The van der Waals surface area contributed by atoms with E-state index in [1.807, 2.05) is 33.7 Å². The van der Waals surface area contributed by atoms with Gasteiger partial charge >= 0.3 is 0 Å². The van der Waals surface area contributed by atoms with E-state index in [1.54, 1.807) is 25.3 Å². The van der Waals surface area contributed by atoms with E-state index in [-0.39, 0.29) is 17.6 Å². The van der Waals surface area contributed by atoms with E-state index in [4.69, 9.17) is 4.98 Å². The number of anilines is 2. The summed E-state index contributed by atoms with van der Waals surface area (Å²) in [6, 6.07) is 12.2. The van der Waals surface area contributed by atoms with Crippen molar-refractivity contribution >= 4 is 29.0 Å². The van der Waals surface area contributed by atoms with Gasteiger partial charge in [0, 0.05) is 62.3 Å². The van der Waals surface area contributed by atoms with Crippen molar-refractivity contribution < 1.29 is 14.0 Å². The highest BCUT2D eigenvalue weighted by Crippen LogP contribution is 2.37. The number of halogens is 1. The van der Waals surface area contributed by atoms with Gasteiger partial charge in [-0.05, 0) is 42.0 Å². The van der Waals surface area contributed by atoms with Crippen LogP contribution in [0.5, 0.6) is 0 Å². The third kappa shape index (κ3) is 3.69. The van der Waals surface area contributed by atoms with Gasteiger partial charge in [-0.25, -0.2) is 14.4 Å². The first-order chi connectivity index (χ1) is 17.0. The highest BCUT2D eigenvalue weighted by molar-refractivity contribution is 6.00. The van der Waals surface area contributed by atoms with Crippen molar-refractivity contribution in [1.29, 1.82) is 0 Å². The van der Waals surface area contributed by atoms with Crippen LogP contribution in [-0.4, -0.2) is 57.3 Å². The molecule has 1 N–H and O–H groups in total. The first kappa shape index (κ1) is 21.3. The number of imidazole rings is 1. The Balaban J connectivity index is 1.51. The highest BCUT2D eigenvalue weighted by atomic mass is 19.1. The number of piperazine rings is 1. The first-order valence-corrected chi connectivity index (χ1v) is 11.5. The minimum atomic E-state index is -0.313. The second-order valence-electron chi connectivity index (χ2n) is 8.85. The summed E-state index contributed by atoms with van der Waals surface area (Å²) in [5.74, 6) is 0.475. The van der Waals surface area contributed by atoms with Gasteiger partial charge in [0.15, 0.2) is 11.5 Å². The van der Waals surface area contributed by atoms with Crippen LogP contribution in [0.3, 0.4) is 0 Å². The fraction of sp³-hybridized carbons (Fsp3) is 0.231. The standard InChI is InChI=1S/C26H23FN6O2/c1-16(34)31-10-12-32(13-11-31)25-26-30-23(17-2-5-20(27)6-3-17)24(33(26)9-8-28-25)18-4-7-21-19(14-18)15-22(35)29-21/h2-9,14H,10-13,15H2,1H3,(H,29,35). The molecule has 6 rings (SSSR count). The summed E-state index contributed by atoms with van der Waals surface area (Å²) in [5.41, 5.74) is 5.69. The molecule has 0 aliphatic carbocycles. The Bertz CT molecular complexity index is 1470. The van der Waals surface area contributed by atoms with Gasteiger partial charge in [-0.3, -0.25) is 14.0 Å². The molecule has 1 saturated heterocycles. The monoisotopic (exact) mass is 470 g/mol. The van der Waals surface area contributed by atoms with Crippen molar-refractivity contribution in [2.45, 2.75) is 13.3 Å². The Kier molecular flexibility index (Phi) is 4.98. The van der Waals surface area contributed by atoms with Crippen LogP contribution in [0.15, 0.2) is 54.9 Å². The average Bonchev–Trinajstić information content (AvgIpc) is 3.43. The molecule has 9 heteroatoms. The first-order valence-electron chi connectivity index (χ1n) is 11.5. The number of carbonyl (C=O) groups excluding carboxylic acids is 2. The number of hydrogen-bond acceptors (Lipinski definition) is 5. The number of carbonyl (C=O) groups is 2. The van der Waals surface area contributed by atoms with E-state index in [2.05, 4.69) is 15.2 Å². The van der Waals surface area contributed by atoms with Gasteiger partial charge in [0.2, 0.25) is 11.8 Å². The van der Waals surface area contributed by atoms with Gasteiger partial charge in [-0.1, -0.05) is 6.07 Å². The molecular weight excluding hydrogens is 447 g/mol. The van der Waals surface area contributed by atoms with E-state index in [9.17, 15) is 14.0 Å². The normalized spacial score (nSPS) is 15.4. The molecule has 2 aromatic carbocycles. The smallest absolute Gasteiger partial charge is 0.228 e. The number of nitrogens with one attached hydrogen (secondary N) is 1. The van der Waals surface area contributed by atoms with Crippen molar-refractivity contribution in [2.75, 3.05) is 36.4 Å². The van der Waals surface area contributed by atoms with Crippen LogP contribution in [0.4, 0.5) is 15.9 Å². The largest absolute Gasteiger partial charge is 0.350 e. The third-order valence-electron chi connectivity index (χ3n) is 6.67. The summed E-state index contributed by atoms with van der Waals surface area (Å²) in [6.45, 7) is 4.16. The van der Waals surface area contributed by atoms with Crippen LogP contribution in [0.1, 0.15) is 12.5 Å². The summed E-state index contributed by atoms with van der Waals surface area (Å²) in [6.07, 6.45) is 3.95.